The van der Waals surface area contributed by atoms with E-state index in [1.54, 1.807) is 6.07 Å². The summed E-state index contributed by atoms with van der Waals surface area (Å²) in [5, 5.41) is 14.5. The average molecular weight is 376 g/mol. The molecule has 1 unspecified atom stereocenters. The number of hydrogen-bond donors (Lipinski definition) is 1. The summed E-state index contributed by atoms with van der Waals surface area (Å²) >= 11 is 6.15. The van der Waals surface area contributed by atoms with Gasteiger partial charge < -0.3 is 10.2 Å². The van der Waals surface area contributed by atoms with Gasteiger partial charge in [-0.05, 0) is 25.1 Å². The van der Waals surface area contributed by atoms with Crippen molar-refractivity contribution in [2.45, 2.75) is 13.0 Å². The highest BCUT2D eigenvalue weighted by molar-refractivity contribution is 6.33. The van der Waals surface area contributed by atoms with Gasteiger partial charge in [0.15, 0.2) is 0 Å². The molecule has 1 aromatic heterocycles. The molecule has 1 saturated heterocycles. The van der Waals surface area contributed by atoms with Crippen LogP contribution in [0.4, 0.5) is 17.2 Å². The standard InChI is InChI=1S/C18H22ClN5O2/c1-14(21-17-6-5-15(24(25)26)12-16(17)19)13-22-8-10-23(11-9-22)18-4-2-3-7-20-18/h2-7,12,14,21H,8-11,13H2,1H3. The molecular formula is C18H22ClN5O2. The summed E-state index contributed by atoms with van der Waals surface area (Å²) in [5.41, 5.74) is 0.718. The predicted molar refractivity (Wildman–Crippen MR) is 104 cm³/mol. The summed E-state index contributed by atoms with van der Waals surface area (Å²) in [4.78, 5) is 19.4. The SMILES string of the molecule is CC(CN1CCN(c2ccccn2)CC1)Nc1ccc([N+](=O)[O-])cc1Cl. The van der Waals surface area contributed by atoms with Crippen molar-refractivity contribution in [3.05, 3.63) is 57.7 Å². The van der Waals surface area contributed by atoms with E-state index in [1.165, 1.54) is 12.1 Å². The predicted octanol–water partition coefficient (Wildman–Crippen LogP) is 3.27. The molecular weight excluding hydrogens is 354 g/mol. The highest BCUT2D eigenvalue weighted by Gasteiger charge is 2.20. The lowest BCUT2D eigenvalue weighted by Crippen LogP contribution is -2.49. The minimum Gasteiger partial charge on any atom is -0.380 e. The monoisotopic (exact) mass is 375 g/mol. The number of halogens is 1. The zero-order valence-electron chi connectivity index (χ0n) is 14.6. The van der Waals surface area contributed by atoms with E-state index in [2.05, 4.69) is 27.0 Å². The number of pyridine rings is 1. The zero-order valence-corrected chi connectivity index (χ0v) is 15.4. The normalized spacial score (nSPS) is 16.3. The van der Waals surface area contributed by atoms with Crippen molar-refractivity contribution >= 4 is 28.8 Å². The van der Waals surface area contributed by atoms with Crippen LogP contribution in [0.2, 0.25) is 5.02 Å². The molecule has 1 fully saturated rings. The van der Waals surface area contributed by atoms with Gasteiger partial charge in [-0.15, -0.1) is 0 Å². The van der Waals surface area contributed by atoms with E-state index < -0.39 is 4.92 Å². The number of non-ortho nitro benzene ring substituents is 1. The fraction of sp³-hybridized carbons (Fsp3) is 0.389. The van der Waals surface area contributed by atoms with Crippen LogP contribution in [0.3, 0.4) is 0 Å². The Balaban J connectivity index is 1.50. The van der Waals surface area contributed by atoms with Crippen LogP contribution < -0.4 is 10.2 Å². The van der Waals surface area contributed by atoms with E-state index in [0.717, 1.165) is 44.2 Å². The third-order valence-electron chi connectivity index (χ3n) is 4.44. The average Bonchev–Trinajstić information content (AvgIpc) is 2.64. The highest BCUT2D eigenvalue weighted by atomic mass is 35.5. The van der Waals surface area contributed by atoms with Crippen LogP contribution in [-0.4, -0.2) is 53.6 Å². The molecule has 2 heterocycles. The number of piperazine rings is 1. The number of nitro benzene ring substituents is 1. The van der Waals surface area contributed by atoms with Gasteiger partial charge in [0, 0.05) is 57.1 Å². The van der Waals surface area contributed by atoms with Crippen LogP contribution in [0, 0.1) is 10.1 Å². The van der Waals surface area contributed by atoms with Crippen molar-refractivity contribution < 1.29 is 4.92 Å². The summed E-state index contributed by atoms with van der Waals surface area (Å²) in [5.74, 6) is 1.02. The van der Waals surface area contributed by atoms with Crippen molar-refractivity contribution in [3.8, 4) is 0 Å². The van der Waals surface area contributed by atoms with Gasteiger partial charge in [-0.1, -0.05) is 17.7 Å². The summed E-state index contributed by atoms with van der Waals surface area (Å²) in [6, 6.07) is 10.7. The van der Waals surface area contributed by atoms with Crippen molar-refractivity contribution in [1.82, 2.24) is 9.88 Å². The van der Waals surface area contributed by atoms with Crippen LogP contribution >= 0.6 is 11.6 Å². The first-order valence-corrected chi connectivity index (χ1v) is 8.99. The van der Waals surface area contributed by atoms with E-state index in [-0.39, 0.29) is 11.7 Å². The molecule has 0 amide bonds. The van der Waals surface area contributed by atoms with Gasteiger partial charge in [0.05, 0.1) is 15.6 Å². The van der Waals surface area contributed by atoms with Gasteiger partial charge in [-0.25, -0.2) is 4.98 Å². The molecule has 138 valence electrons. The minimum absolute atomic E-state index is 0.00107. The zero-order chi connectivity index (χ0) is 18.5. The fourth-order valence-corrected chi connectivity index (χ4v) is 3.36. The highest BCUT2D eigenvalue weighted by Crippen LogP contribution is 2.27. The molecule has 1 aliphatic rings. The third kappa shape index (κ3) is 4.62. The maximum Gasteiger partial charge on any atom is 0.271 e. The molecule has 1 atom stereocenters. The van der Waals surface area contributed by atoms with E-state index in [9.17, 15) is 10.1 Å². The summed E-state index contributed by atoms with van der Waals surface area (Å²) in [6.07, 6.45) is 1.82. The van der Waals surface area contributed by atoms with Crippen LogP contribution in [0.1, 0.15) is 6.92 Å². The number of anilines is 2. The van der Waals surface area contributed by atoms with Crippen LogP contribution in [0.15, 0.2) is 42.6 Å². The Morgan fingerprint density at radius 2 is 2.04 bits per heavy atom. The quantitative estimate of drug-likeness (QED) is 0.617. The topological polar surface area (TPSA) is 74.5 Å². The van der Waals surface area contributed by atoms with Crippen molar-refractivity contribution in [2.75, 3.05) is 42.9 Å². The first kappa shape index (κ1) is 18.4. The lowest BCUT2D eigenvalue weighted by Gasteiger charge is -2.36. The number of rotatable bonds is 6. The molecule has 0 aliphatic carbocycles. The van der Waals surface area contributed by atoms with Crippen molar-refractivity contribution in [3.63, 3.8) is 0 Å². The van der Waals surface area contributed by atoms with Gasteiger partial charge in [0.25, 0.3) is 5.69 Å². The maximum absolute atomic E-state index is 10.8. The Kier molecular flexibility index (Phi) is 5.90. The first-order chi connectivity index (χ1) is 12.5. The van der Waals surface area contributed by atoms with E-state index in [1.807, 2.05) is 24.4 Å². The molecule has 1 N–H and O–H groups in total. The molecule has 3 rings (SSSR count). The van der Waals surface area contributed by atoms with Crippen molar-refractivity contribution in [1.29, 1.82) is 0 Å². The molecule has 0 bridgehead atoms. The van der Waals surface area contributed by atoms with Crippen LogP contribution in [0.25, 0.3) is 0 Å². The third-order valence-corrected chi connectivity index (χ3v) is 4.76. The second-order valence-corrected chi connectivity index (χ2v) is 6.85. The number of nitrogens with zero attached hydrogens (tertiary/aromatic N) is 4. The van der Waals surface area contributed by atoms with Crippen LogP contribution in [-0.2, 0) is 0 Å². The molecule has 7 nitrogen and oxygen atoms in total. The molecule has 0 saturated carbocycles. The fourth-order valence-electron chi connectivity index (χ4n) is 3.13. The number of aromatic nitrogens is 1. The molecule has 1 aliphatic heterocycles. The molecule has 0 radical (unpaired) electrons. The second kappa shape index (κ2) is 8.33. The van der Waals surface area contributed by atoms with Gasteiger partial charge in [0.1, 0.15) is 5.82 Å². The number of benzene rings is 1. The smallest absolute Gasteiger partial charge is 0.271 e. The Morgan fingerprint density at radius 1 is 1.27 bits per heavy atom. The van der Waals surface area contributed by atoms with Gasteiger partial charge in [-0.3, -0.25) is 15.0 Å². The molecule has 8 heteroatoms. The van der Waals surface area contributed by atoms with Crippen molar-refractivity contribution in [2.24, 2.45) is 0 Å². The Morgan fingerprint density at radius 3 is 2.65 bits per heavy atom. The summed E-state index contributed by atoms with van der Waals surface area (Å²) in [6.45, 7) is 6.80. The Hall–Kier alpha value is -2.38. The van der Waals surface area contributed by atoms with Gasteiger partial charge >= 0.3 is 0 Å². The molecule has 0 spiro atoms. The second-order valence-electron chi connectivity index (χ2n) is 6.44. The minimum atomic E-state index is -0.444. The van der Waals surface area contributed by atoms with E-state index in [0.29, 0.717) is 5.02 Å². The number of nitro groups is 1. The summed E-state index contributed by atoms with van der Waals surface area (Å²) in [7, 11) is 0. The lowest BCUT2D eigenvalue weighted by molar-refractivity contribution is -0.384. The van der Waals surface area contributed by atoms with Gasteiger partial charge in [0.2, 0.25) is 0 Å². The van der Waals surface area contributed by atoms with Crippen LogP contribution in [0.5, 0.6) is 0 Å². The number of nitrogens with one attached hydrogen (secondary N) is 1. The largest absolute Gasteiger partial charge is 0.380 e. The first-order valence-electron chi connectivity index (χ1n) is 8.62. The Labute approximate surface area is 157 Å². The summed E-state index contributed by atoms with van der Waals surface area (Å²) < 4.78 is 0. The molecule has 1 aromatic carbocycles. The molecule has 26 heavy (non-hydrogen) atoms. The van der Waals surface area contributed by atoms with Gasteiger partial charge in [-0.2, -0.15) is 0 Å². The number of hydrogen-bond acceptors (Lipinski definition) is 6. The van der Waals surface area contributed by atoms with E-state index in [4.69, 9.17) is 11.6 Å². The molecule has 2 aromatic rings. The maximum atomic E-state index is 10.8. The Bertz CT molecular complexity index is 751. The lowest BCUT2D eigenvalue weighted by atomic mass is 10.2. The van der Waals surface area contributed by atoms with E-state index >= 15 is 0 Å².